The molecule has 0 aromatic heterocycles. The van der Waals surface area contributed by atoms with Gasteiger partial charge in [0.15, 0.2) is 0 Å². The number of halogens is 2. The van der Waals surface area contributed by atoms with Gasteiger partial charge in [0.25, 0.3) is 0 Å². The van der Waals surface area contributed by atoms with Crippen LogP contribution in [0.3, 0.4) is 0 Å². The van der Waals surface area contributed by atoms with Crippen LogP contribution in [0, 0.1) is 0 Å². The third-order valence-electron chi connectivity index (χ3n) is 8.07. The number of hydrogen-bond donors (Lipinski definition) is 0. The van der Waals surface area contributed by atoms with Gasteiger partial charge in [0.05, 0.1) is 0 Å². The summed E-state index contributed by atoms with van der Waals surface area (Å²) in [5.74, 6) is 1.47. The molecule has 0 radical (unpaired) electrons. The summed E-state index contributed by atoms with van der Waals surface area (Å²) in [5.41, 5.74) is 10.2. The van der Waals surface area contributed by atoms with Gasteiger partial charge in [-0.1, -0.05) is 0 Å². The van der Waals surface area contributed by atoms with Crippen molar-refractivity contribution in [3.05, 3.63) is 88.5 Å². The Kier molecular flexibility index (Phi) is 10.4. The Morgan fingerprint density at radius 2 is 1.00 bits per heavy atom. The molecule has 42 heavy (non-hydrogen) atoms. The van der Waals surface area contributed by atoms with Crippen LogP contribution < -0.4 is 14.7 Å². The van der Waals surface area contributed by atoms with Crippen LogP contribution in [-0.4, -0.2) is 36.1 Å². The van der Waals surface area contributed by atoms with Crippen molar-refractivity contribution in [1.29, 1.82) is 0 Å². The minimum absolute atomic E-state index is 0.368. The Morgan fingerprint density at radius 1 is 0.619 bits per heavy atom. The fourth-order valence-electron chi connectivity index (χ4n) is 5.99. The van der Waals surface area contributed by atoms with Crippen LogP contribution in [0.2, 0.25) is 0 Å². The van der Waals surface area contributed by atoms with Gasteiger partial charge in [-0.05, 0) is 0 Å². The standard InChI is InChI=1S/C27H38N2.C9H11N.2ClH.Ru/c1-18(2)22-11-9-12-23(19(3)4)26(22)28-15-16-29(17-28)27-24(20(5)6)13-10-14-25(27)21(7)8;1-8-6-4-5-7-9(8)10(2)3;;;/h9-14,18-21H,15-16H2,1-8H3;1,4-7H,2-3H3;2*1H;/q;;;;-2/p-2. The van der Waals surface area contributed by atoms with E-state index in [1.807, 2.05) is 0 Å². The molecule has 0 amide bonds. The number of benzene rings is 3. The van der Waals surface area contributed by atoms with Crippen molar-refractivity contribution in [2.24, 2.45) is 0 Å². The second-order valence-corrected chi connectivity index (χ2v) is 22.0. The second kappa shape index (κ2) is 13.3. The van der Waals surface area contributed by atoms with E-state index in [1.54, 1.807) is 0 Å². The molecule has 1 heterocycles. The van der Waals surface area contributed by atoms with E-state index >= 15 is 0 Å². The quantitative estimate of drug-likeness (QED) is 0.217. The number of rotatable bonds is 8. The molecule has 0 N–H and O–H groups in total. The van der Waals surface area contributed by atoms with Crippen LogP contribution >= 0.6 is 19.4 Å². The molecule has 4 rings (SSSR count). The summed E-state index contributed by atoms with van der Waals surface area (Å²) >= 11 is -3.68. The summed E-state index contributed by atoms with van der Waals surface area (Å²) in [6.07, 6.45) is 0. The van der Waals surface area contributed by atoms with Crippen LogP contribution in [0.1, 0.15) is 107 Å². The first-order chi connectivity index (χ1) is 19.8. The van der Waals surface area contributed by atoms with Gasteiger partial charge in [-0.25, -0.2) is 0 Å². The molecule has 1 saturated heterocycles. The van der Waals surface area contributed by atoms with Crippen molar-refractivity contribution in [2.45, 2.75) is 79.1 Å². The van der Waals surface area contributed by atoms with Crippen LogP contribution in [0.4, 0.5) is 17.1 Å². The van der Waals surface area contributed by atoms with E-state index in [2.05, 4.69) is 149 Å². The molecule has 3 aromatic rings. The first kappa shape index (κ1) is 32.9. The van der Waals surface area contributed by atoms with E-state index in [-0.39, 0.29) is 0 Å². The first-order valence-corrected chi connectivity index (χ1v) is 21.5. The summed E-state index contributed by atoms with van der Waals surface area (Å²) in [5, 5.41) is 0. The summed E-state index contributed by atoms with van der Waals surface area (Å²) in [6.45, 7) is 20.0. The molecule has 234 valence electrons. The van der Waals surface area contributed by atoms with Gasteiger partial charge >= 0.3 is 267 Å². The number of anilines is 3. The van der Waals surface area contributed by atoms with E-state index < -0.39 is 11.9 Å². The summed E-state index contributed by atoms with van der Waals surface area (Å²) in [6, 6.07) is 22.0. The molecule has 0 saturated carbocycles. The zero-order chi connectivity index (χ0) is 30.9. The molecule has 1 aliphatic heterocycles. The maximum absolute atomic E-state index is 7.81. The zero-order valence-corrected chi connectivity index (χ0v) is 30.3. The number of hydrogen-bond acceptors (Lipinski definition) is 3. The zero-order valence-electron chi connectivity index (χ0n) is 27.0. The monoisotopic (exact) mass is 695 g/mol. The molecule has 0 unspecified atom stereocenters. The van der Waals surface area contributed by atoms with Gasteiger partial charge in [-0.3, -0.25) is 0 Å². The maximum atomic E-state index is 7.81. The Labute approximate surface area is 265 Å². The number of para-hydroxylation sites is 3. The molecule has 3 nitrogen and oxygen atoms in total. The van der Waals surface area contributed by atoms with Crippen molar-refractivity contribution < 1.29 is 11.9 Å². The molecule has 3 aromatic carbocycles. The topological polar surface area (TPSA) is 9.72 Å². The van der Waals surface area contributed by atoms with E-state index in [0.717, 1.165) is 28.7 Å². The Hall–Kier alpha value is -2.00. The summed E-state index contributed by atoms with van der Waals surface area (Å²) < 4.78 is 3.28. The molecule has 0 aliphatic carbocycles. The van der Waals surface area contributed by atoms with Gasteiger partial charge in [-0.2, -0.15) is 0 Å². The molecule has 0 spiro atoms. The van der Waals surface area contributed by atoms with Gasteiger partial charge in [0.2, 0.25) is 0 Å². The Morgan fingerprint density at radius 3 is 1.36 bits per heavy atom. The summed E-state index contributed by atoms with van der Waals surface area (Å²) in [4.78, 5) is 7.15. The second-order valence-electron chi connectivity index (χ2n) is 12.7. The van der Waals surface area contributed by atoms with Crippen LogP contribution in [0.5, 0.6) is 0 Å². The van der Waals surface area contributed by atoms with Gasteiger partial charge in [-0.15, -0.1) is 0 Å². The van der Waals surface area contributed by atoms with Crippen molar-refractivity contribution in [2.75, 3.05) is 41.9 Å². The fourth-order valence-corrected chi connectivity index (χ4v) is 12.0. The predicted octanol–water partition coefficient (Wildman–Crippen LogP) is 9.97. The van der Waals surface area contributed by atoms with E-state index in [0.29, 0.717) is 23.7 Å². The molecular weight excluding hydrogens is 646 g/mol. The van der Waals surface area contributed by atoms with Crippen molar-refractivity contribution in [1.82, 2.24) is 0 Å². The van der Waals surface area contributed by atoms with E-state index in [4.69, 9.17) is 19.4 Å². The van der Waals surface area contributed by atoms with Crippen molar-refractivity contribution in [3.8, 4) is 0 Å². The SMILES string of the molecule is CC(C)c1cccc(C(C)C)c1N1CCN(c2c(C(C)C)cccc2C(C)C)[C]1=[Ru-4]([Cl])([Cl])=[CH]c1ccccc1N(C)C. The molecule has 0 atom stereocenters. The van der Waals surface area contributed by atoms with E-state index in [9.17, 15) is 0 Å². The fraction of sp³-hybridized carbons (Fsp3) is 0.444. The normalized spacial score (nSPS) is 14.6. The van der Waals surface area contributed by atoms with Crippen molar-refractivity contribution in [3.63, 3.8) is 0 Å². The Bertz CT molecular complexity index is 1410. The summed E-state index contributed by atoms with van der Waals surface area (Å²) in [7, 11) is 19.8. The van der Waals surface area contributed by atoms with Crippen LogP contribution in [0.15, 0.2) is 60.7 Å². The number of nitrogens with zero attached hydrogens (tertiary/aromatic N) is 3. The first-order valence-electron chi connectivity index (χ1n) is 15.2. The molecule has 6 heteroatoms. The molecule has 1 fully saturated rings. The third kappa shape index (κ3) is 6.57. The van der Waals surface area contributed by atoms with Gasteiger partial charge in [0, 0.05) is 0 Å². The predicted molar refractivity (Wildman–Crippen MR) is 187 cm³/mol. The van der Waals surface area contributed by atoms with Crippen LogP contribution in [-0.2, 0) is 11.9 Å². The van der Waals surface area contributed by atoms with Gasteiger partial charge in [0.1, 0.15) is 0 Å². The average molecular weight is 696 g/mol. The Balaban J connectivity index is 2.16. The molecule has 1 aliphatic rings. The molecule has 0 bridgehead atoms. The third-order valence-corrected chi connectivity index (χ3v) is 13.5. The van der Waals surface area contributed by atoms with Gasteiger partial charge < -0.3 is 0 Å². The molecular formula is C36H49Cl2N3Ru-4. The van der Waals surface area contributed by atoms with Crippen LogP contribution in [0.25, 0.3) is 0 Å². The average Bonchev–Trinajstić information content (AvgIpc) is 3.37. The van der Waals surface area contributed by atoms with E-state index in [1.165, 1.54) is 33.6 Å². The van der Waals surface area contributed by atoms with Crippen molar-refractivity contribution >= 4 is 45.4 Å². The minimum atomic E-state index is -3.68.